The molecule has 0 aliphatic carbocycles. The molecule has 0 spiro atoms. The second-order valence-electron chi connectivity index (χ2n) is 9.96. The Morgan fingerprint density at radius 2 is 1.97 bits per heavy atom. The summed E-state index contributed by atoms with van der Waals surface area (Å²) < 4.78 is 12.8. The zero-order valence-corrected chi connectivity index (χ0v) is 23.6. The Morgan fingerprint density at radius 3 is 2.48 bits per heavy atom. The van der Waals surface area contributed by atoms with E-state index < -0.39 is 8.32 Å². The molecule has 8 heteroatoms. The number of anilines is 1. The number of fused-ring (bicyclic) bond motifs is 1. The Morgan fingerprint density at radius 1 is 1.35 bits per heavy atom. The summed E-state index contributed by atoms with van der Waals surface area (Å²) in [6, 6.07) is 1.96. The van der Waals surface area contributed by atoms with Crippen LogP contribution in [-0.2, 0) is 20.4 Å². The van der Waals surface area contributed by atoms with Gasteiger partial charge in [0.05, 0.1) is 30.5 Å². The fourth-order valence-electron chi connectivity index (χ4n) is 3.20. The molecule has 1 atom stereocenters. The first-order chi connectivity index (χ1) is 14.2. The average molecular weight is 532 g/mol. The molecule has 0 fully saturated rings. The number of carbonyl (C=O) groups excluding carboxylic acids is 1. The number of pyridine rings is 1. The number of nitrogens with zero attached hydrogens (tertiary/aromatic N) is 2. The van der Waals surface area contributed by atoms with Gasteiger partial charge in [0.1, 0.15) is 11.0 Å². The Balaban J connectivity index is 2.56. The third kappa shape index (κ3) is 5.73. The van der Waals surface area contributed by atoms with Crippen molar-refractivity contribution in [3.8, 4) is 0 Å². The fraction of sp³-hybridized carbons (Fsp3) is 0.652. The molecule has 0 radical (unpaired) electrons. The molecule has 5 nitrogen and oxygen atoms in total. The minimum atomic E-state index is -1.97. The van der Waals surface area contributed by atoms with Gasteiger partial charge in [0.25, 0.3) is 0 Å². The number of ether oxygens (including phenoxy) is 1. The van der Waals surface area contributed by atoms with Crippen LogP contribution in [0.4, 0.5) is 5.82 Å². The predicted octanol–water partition coefficient (Wildman–Crippen LogP) is 6.57. The number of carbonyl (C=O) groups is 1. The summed E-state index contributed by atoms with van der Waals surface area (Å²) in [5.41, 5.74) is 2.29. The van der Waals surface area contributed by atoms with Crippen LogP contribution in [0.5, 0.6) is 0 Å². The van der Waals surface area contributed by atoms with Gasteiger partial charge in [0.15, 0.2) is 8.32 Å². The first-order valence-corrected chi connectivity index (χ1v) is 14.9. The van der Waals surface area contributed by atoms with Crippen molar-refractivity contribution >= 4 is 47.6 Å². The van der Waals surface area contributed by atoms with E-state index in [0.29, 0.717) is 30.4 Å². The van der Waals surface area contributed by atoms with Crippen molar-refractivity contribution < 1.29 is 14.0 Å². The summed E-state index contributed by atoms with van der Waals surface area (Å²) in [5, 5.41) is 0.488. The molecule has 1 aromatic heterocycles. The molecule has 0 saturated carbocycles. The number of esters is 1. The van der Waals surface area contributed by atoms with Crippen LogP contribution in [0.2, 0.25) is 18.1 Å². The van der Waals surface area contributed by atoms with Gasteiger partial charge in [-0.1, -0.05) is 46.2 Å². The molecule has 1 aliphatic rings. The topological polar surface area (TPSA) is 51.7 Å². The van der Waals surface area contributed by atoms with Crippen molar-refractivity contribution in [3.05, 3.63) is 32.5 Å². The molecular weight excluding hydrogens is 496 g/mol. The van der Waals surface area contributed by atoms with Crippen molar-refractivity contribution in [1.29, 1.82) is 0 Å². The van der Waals surface area contributed by atoms with Gasteiger partial charge >= 0.3 is 5.97 Å². The summed E-state index contributed by atoms with van der Waals surface area (Å²) >= 11 is 10.5. The highest BCUT2D eigenvalue weighted by molar-refractivity contribution is 9.10. The van der Waals surface area contributed by atoms with Gasteiger partial charge in [0, 0.05) is 16.5 Å². The van der Waals surface area contributed by atoms with Crippen LogP contribution in [0.25, 0.3) is 0 Å². The second kappa shape index (κ2) is 9.94. The maximum Gasteiger partial charge on any atom is 0.337 e. The van der Waals surface area contributed by atoms with E-state index >= 15 is 0 Å². The van der Waals surface area contributed by atoms with Crippen LogP contribution in [0.15, 0.2) is 21.3 Å². The lowest BCUT2D eigenvalue weighted by Gasteiger charge is -2.42. The monoisotopic (exact) mass is 530 g/mol. The van der Waals surface area contributed by atoms with Gasteiger partial charge in [-0.05, 0) is 59.9 Å². The lowest BCUT2D eigenvalue weighted by molar-refractivity contribution is -0.138. The quantitative estimate of drug-likeness (QED) is 0.226. The van der Waals surface area contributed by atoms with Crippen LogP contribution in [0.3, 0.4) is 0 Å². The summed E-state index contributed by atoms with van der Waals surface area (Å²) in [7, 11) is -1.97. The first kappa shape index (κ1) is 26.4. The molecule has 31 heavy (non-hydrogen) atoms. The highest BCUT2D eigenvalue weighted by Crippen LogP contribution is 2.41. The molecule has 2 rings (SSSR count). The molecule has 2 heterocycles. The largest absolute Gasteiger partial charge is 0.463 e. The zero-order chi connectivity index (χ0) is 23.7. The highest BCUT2D eigenvalue weighted by atomic mass is 79.9. The molecular formula is C23H36BrClN2O3Si. The zero-order valence-electron chi connectivity index (χ0n) is 20.2. The minimum Gasteiger partial charge on any atom is -0.463 e. The van der Waals surface area contributed by atoms with Gasteiger partial charge in [-0.3, -0.25) is 0 Å². The lowest BCUT2D eigenvalue weighted by Crippen LogP contribution is -2.49. The number of aromatic nitrogens is 1. The minimum absolute atomic E-state index is 0.0711. The standard InChI is InChI=1S/C23H36BrClN2O3Si/c1-10-29-22(28)17-11-16-12-18(24)15(4)26-21(16)27(20(17)25)19(14(2)3)13-30-31(8,9)23(5,6)7/h12,14,19H,10-11,13H2,1-9H3/t19-/m1/s1. The highest BCUT2D eigenvalue weighted by Gasteiger charge is 2.40. The van der Waals surface area contributed by atoms with Crippen molar-refractivity contribution in [2.75, 3.05) is 18.1 Å². The summed E-state index contributed by atoms with van der Waals surface area (Å²) in [4.78, 5) is 19.5. The summed E-state index contributed by atoms with van der Waals surface area (Å²) in [6.45, 7) is 20.0. The van der Waals surface area contributed by atoms with Crippen LogP contribution in [0, 0.1) is 12.8 Å². The molecule has 0 saturated heterocycles. The Hall–Kier alpha value is -0.893. The van der Waals surface area contributed by atoms with Crippen LogP contribution in [0.1, 0.15) is 52.8 Å². The van der Waals surface area contributed by atoms with E-state index in [-0.39, 0.29) is 23.0 Å². The maximum absolute atomic E-state index is 12.7. The number of aryl methyl sites for hydroxylation is 1. The Kier molecular flexibility index (Phi) is 8.45. The smallest absolute Gasteiger partial charge is 0.337 e. The first-order valence-electron chi connectivity index (χ1n) is 10.9. The van der Waals surface area contributed by atoms with E-state index in [9.17, 15) is 4.79 Å². The molecule has 1 aliphatic heterocycles. The van der Waals surface area contributed by atoms with Crippen LogP contribution < -0.4 is 4.90 Å². The summed E-state index contributed by atoms with van der Waals surface area (Å²) in [6.07, 6.45) is 0.392. The lowest BCUT2D eigenvalue weighted by atomic mass is 9.97. The Bertz CT molecular complexity index is 865. The number of hydrogen-bond donors (Lipinski definition) is 0. The summed E-state index contributed by atoms with van der Waals surface area (Å²) in [5.74, 6) is 0.627. The van der Waals surface area contributed by atoms with Crippen molar-refractivity contribution in [1.82, 2.24) is 4.98 Å². The molecule has 1 aromatic rings. The van der Waals surface area contributed by atoms with Crippen molar-refractivity contribution in [2.45, 2.75) is 79.1 Å². The molecule has 0 aromatic carbocycles. The third-order valence-corrected chi connectivity index (χ3v) is 12.0. The van der Waals surface area contributed by atoms with E-state index in [0.717, 1.165) is 21.5 Å². The molecule has 174 valence electrons. The maximum atomic E-state index is 12.7. The molecule has 0 N–H and O–H groups in total. The molecule has 0 bridgehead atoms. The average Bonchev–Trinajstić information content (AvgIpc) is 2.63. The number of halogens is 2. The van der Waals surface area contributed by atoms with Gasteiger partial charge in [0.2, 0.25) is 0 Å². The third-order valence-electron chi connectivity index (χ3n) is 6.31. The van der Waals surface area contributed by atoms with Gasteiger partial charge in [-0.15, -0.1) is 0 Å². The SMILES string of the molecule is CCOC(=O)C1=C(Cl)N([C@H](CO[Si](C)(C)C(C)(C)C)C(C)C)c2nc(C)c(Br)cc2C1. The molecule has 0 unspecified atom stereocenters. The fourth-order valence-corrected chi connectivity index (χ4v) is 4.93. The van der Waals surface area contributed by atoms with Crippen molar-refractivity contribution in [2.24, 2.45) is 5.92 Å². The number of hydrogen-bond acceptors (Lipinski definition) is 5. The van der Waals surface area contributed by atoms with Gasteiger partial charge < -0.3 is 14.1 Å². The van der Waals surface area contributed by atoms with Crippen LogP contribution in [-0.4, -0.2) is 38.5 Å². The van der Waals surface area contributed by atoms with E-state index in [1.807, 2.05) is 17.9 Å². The van der Waals surface area contributed by atoms with E-state index in [4.69, 9.17) is 25.7 Å². The normalized spacial score (nSPS) is 15.9. The van der Waals surface area contributed by atoms with Gasteiger partial charge in [-0.2, -0.15) is 0 Å². The predicted molar refractivity (Wildman–Crippen MR) is 134 cm³/mol. The van der Waals surface area contributed by atoms with Gasteiger partial charge in [-0.25, -0.2) is 9.78 Å². The van der Waals surface area contributed by atoms with E-state index in [1.54, 1.807) is 6.92 Å². The van der Waals surface area contributed by atoms with E-state index in [2.05, 4.69) is 63.6 Å². The second-order valence-corrected chi connectivity index (χ2v) is 16.0. The number of rotatable bonds is 7. The van der Waals surface area contributed by atoms with Crippen LogP contribution >= 0.6 is 27.5 Å². The molecule has 0 amide bonds. The van der Waals surface area contributed by atoms with Crippen molar-refractivity contribution in [3.63, 3.8) is 0 Å². The van der Waals surface area contributed by atoms with E-state index in [1.165, 1.54) is 0 Å². The Labute approximate surface area is 201 Å².